The number of ketones is 1. The first kappa shape index (κ1) is 36.3. The molecule has 13 nitrogen and oxygen atoms in total. The van der Waals surface area contributed by atoms with Gasteiger partial charge in [0, 0.05) is 50.6 Å². The van der Waals surface area contributed by atoms with Crippen LogP contribution < -0.4 is 15.4 Å². The number of aromatic nitrogens is 5. The first-order chi connectivity index (χ1) is 24.3. The fourth-order valence-electron chi connectivity index (χ4n) is 6.77. The minimum Gasteiger partial charge on any atom is -0.484 e. The van der Waals surface area contributed by atoms with Gasteiger partial charge in [0.2, 0.25) is 0 Å². The van der Waals surface area contributed by atoms with Crippen molar-refractivity contribution >= 4 is 23.3 Å². The van der Waals surface area contributed by atoms with Gasteiger partial charge in [-0.2, -0.15) is 0 Å². The standard InChI is InChI=1S/C38H50N8O5/c1-37(2,3)31-19-32(41-34(40-31)29(47)13-10-18-45-20-25(21-45)50-7)42-36(48)39-28-15-16-30(27-12-9-8-11-26(27)28)51-24-14-17-33-43-44-35(46(33)22-24)38(4,5)23-49-6/h8-9,11-12,14,17,19,22,25,28,30H,10,13,15-16,18,20-21,23H2,1-7H3,(H2,39,40,41,42,48)/t28-,30+/m0/s1. The molecule has 1 aliphatic carbocycles. The second-order valence-electron chi connectivity index (χ2n) is 15.3. The Kier molecular flexibility index (Phi) is 10.7. The number of likely N-dealkylation sites (tertiary alicyclic amines) is 1. The fraction of sp³-hybridized carbons (Fsp3) is 0.526. The van der Waals surface area contributed by atoms with E-state index in [1.807, 2.05) is 67.8 Å². The Bertz CT molecular complexity index is 1860. The van der Waals surface area contributed by atoms with Crippen LogP contribution in [0.2, 0.25) is 0 Å². The van der Waals surface area contributed by atoms with E-state index in [-0.39, 0.29) is 40.7 Å². The third kappa shape index (κ3) is 8.37. The van der Waals surface area contributed by atoms with Gasteiger partial charge >= 0.3 is 6.03 Å². The van der Waals surface area contributed by atoms with Crippen molar-refractivity contribution in [1.29, 1.82) is 0 Å². The van der Waals surface area contributed by atoms with Crippen LogP contribution in [0.25, 0.3) is 5.65 Å². The van der Waals surface area contributed by atoms with Gasteiger partial charge in [-0.25, -0.2) is 14.8 Å². The molecule has 6 rings (SSSR count). The number of benzene rings is 1. The summed E-state index contributed by atoms with van der Waals surface area (Å²) in [7, 11) is 3.40. The number of nitrogens with one attached hydrogen (secondary N) is 2. The molecule has 13 heteroatoms. The van der Waals surface area contributed by atoms with Crippen molar-refractivity contribution in [2.75, 3.05) is 45.8 Å². The Morgan fingerprint density at radius 2 is 1.73 bits per heavy atom. The molecule has 1 aliphatic heterocycles. The number of amides is 2. The smallest absolute Gasteiger partial charge is 0.320 e. The van der Waals surface area contributed by atoms with Crippen LogP contribution in [0.4, 0.5) is 10.6 Å². The Morgan fingerprint density at radius 3 is 2.45 bits per heavy atom. The van der Waals surface area contributed by atoms with Gasteiger partial charge in [0.1, 0.15) is 23.5 Å². The number of anilines is 1. The van der Waals surface area contributed by atoms with Gasteiger partial charge in [0.05, 0.1) is 30.6 Å². The van der Waals surface area contributed by atoms with Gasteiger partial charge in [-0.15, -0.1) is 10.2 Å². The molecule has 51 heavy (non-hydrogen) atoms. The minimum atomic E-state index is -0.402. The third-order valence-corrected chi connectivity index (χ3v) is 9.63. The van der Waals surface area contributed by atoms with E-state index < -0.39 is 6.03 Å². The van der Waals surface area contributed by atoms with Crippen LogP contribution in [-0.4, -0.2) is 87.8 Å². The molecule has 0 radical (unpaired) electrons. The van der Waals surface area contributed by atoms with Crippen molar-refractivity contribution in [2.24, 2.45) is 0 Å². The predicted molar refractivity (Wildman–Crippen MR) is 193 cm³/mol. The molecule has 272 valence electrons. The van der Waals surface area contributed by atoms with E-state index in [1.165, 1.54) is 0 Å². The largest absolute Gasteiger partial charge is 0.484 e. The summed E-state index contributed by atoms with van der Waals surface area (Å²) >= 11 is 0. The van der Waals surface area contributed by atoms with Crippen molar-refractivity contribution in [2.45, 2.75) is 89.4 Å². The number of carbonyl (C=O) groups excluding carboxylic acids is 2. The number of methoxy groups -OCH3 is 2. The van der Waals surface area contributed by atoms with E-state index in [4.69, 9.17) is 14.2 Å². The zero-order chi connectivity index (χ0) is 36.3. The van der Waals surface area contributed by atoms with Gasteiger partial charge in [-0.05, 0) is 49.1 Å². The molecule has 0 saturated carbocycles. The molecule has 1 fully saturated rings. The Balaban J connectivity index is 1.13. The van der Waals surface area contributed by atoms with E-state index in [0.29, 0.717) is 49.6 Å². The second kappa shape index (κ2) is 15.0. The van der Waals surface area contributed by atoms with Gasteiger partial charge in [-0.3, -0.25) is 19.4 Å². The number of hydrogen-bond donors (Lipinski definition) is 2. The topological polar surface area (TPSA) is 145 Å². The average molecular weight is 699 g/mol. The van der Waals surface area contributed by atoms with Crippen molar-refractivity contribution < 1.29 is 23.8 Å². The van der Waals surface area contributed by atoms with E-state index >= 15 is 0 Å². The number of ether oxygens (including phenoxy) is 3. The molecule has 0 spiro atoms. The maximum atomic E-state index is 13.5. The highest BCUT2D eigenvalue weighted by Gasteiger charge is 2.31. The van der Waals surface area contributed by atoms with Crippen LogP contribution >= 0.6 is 0 Å². The lowest BCUT2D eigenvalue weighted by molar-refractivity contribution is -0.0294. The number of Topliss-reactive ketones (excluding diaryl/α,β-unsaturated/α-hetero) is 1. The lowest BCUT2D eigenvalue weighted by atomic mass is 9.85. The molecular formula is C38H50N8O5. The van der Waals surface area contributed by atoms with Gasteiger partial charge in [0.15, 0.2) is 17.3 Å². The number of rotatable bonds is 13. The molecule has 2 atom stereocenters. The maximum Gasteiger partial charge on any atom is 0.320 e. The SMILES string of the molecule is COCC(C)(C)c1nnc2ccc(O[C@@H]3CC[C@H](NC(=O)Nc4cc(C(C)(C)C)nc(C(=O)CCCN5CC(OC)C5)n4)c4ccccc43)cn12. The van der Waals surface area contributed by atoms with Gasteiger partial charge in [0.25, 0.3) is 0 Å². The normalized spacial score (nSPS) is 18.3. The van der Waals surface area contributed by atoms with E-state index in [0.717, 1.165) is 42.2 Å². The highest BCUT2D eigenvalue weighted by molar-refractivity contribution is 5.94. The molecule has 4 heterocycles. The van der Waals surface area contributed by atoms with Crippen LogP contribution in [0.5, 0.6) is 5.75 Å². The van der Waals surface area contributed by atoms with E-state index in [2.05, 4.69) is 49.5 Å². The van der Waals surface area contributed by atoms with Gasteiger partial charge < -0.3 is 19.5 Å². The van der Waals surface area contributed by atoms with Crippen molar-refractivity contribution in [3.05, 3.63) is 77.1 Å². The molecule has 2 aliphatic rings. The summed E-state index contributed by atoms with van der Waals surface area (Å²) in [4.78, 5) is 38.0. The van der Waals surface area contributed by atoms with Gasteiger partial charge in [-0.1, -0.05) is 58.9 Å². The van der Waals surface area contributed by atoms with Crippen molar-refractivity contribution in [1.82, 2.24) is 34.8 Å². The summed E-state index contributed by atoms with van der Waals surface area (Å²) in [6, 6.07) is 12.9. The summed E-state index contributed by atoms with van der Waals surface area (Å²) in [5, 5.41) is 14.8. The van der Waals surface area contributed by atoms with Crippen molar-refractivity contribution in [3.63, 3.8) is 0 Å². The summed E-state index contributed by atoms with van der Waals surface area (Å²) in [5.74, 6) is 1.77. The molecule has 4 aromatic rings. The predicted octanol–water partition coefficient (Wildman–Crippen LogP) is 5.81. The Labute approximate surface area is 299 Å². The molecule has 0 bridgehead atoms. The molecule has 2 amide bonds. The highest BCUT2D eigenvalue weighted by Crippen LogP contribution is 2.39. The molecule has 0 unspecified atom stereocenters. The fourth-order valence-corrected chi connectivity index (χ4v) is 6.77. The summed E-state index contributed by atoms with van der Waals surface area (Å²) < 4.78 is 19.3. The first-order valence-electron chi connectivity index (χ1n) is 17.7. The van der Waals surface area contributed by atoms with Crippen LogP contribution in [0.15, 0.2) is 48.7 Å². The number of fused-ring (bicyclic) bond motifs is 2. The number of hydrogen-bond acceptors (Lipinski definition) is 10. The lowest BCUT2D eigenvalue weighted by Crippen LogP contribution is -2.51. The van der Waals surface area contributed by atoms with Crippen LogP contribution in [0.3, 0.4) is 0 Å². The zero-order valence-electron chi connectivity index (χ0n) is 30.7. The zero-order valence-corrected chi connectivity index (χ0v) is 30.7. The molecule has 2 N–H and O–H groups in total. The number of pyridine rings is 1. The molecular weight excluding hydrogens is 648 g/mol. The van der Waals surface area contributed by atoms with Crippen LogP contribution in [0.1, 0.15) is 106 Å². The van der Waals surface area contributed by atoms with Crippen LogP contribution in [-0.2, 0) is 20.3 Å². The summed E-state index contributed by atoms with van der Waals surface area (Å²) in [6.45, 7) is 13.3. The second-order valence-corrected chi connectivity index (χ2v) is 15.3. The minimum absolute atomic E-state index is 0.123. The van der Waals surface area contributed by atoms with E-state index in [1.54, 1.807) is 20.3 Å². The molecule has 3 aromatic heterocycles. The highest BCUT2D eigenvalue weighted by atomic mass is 16.5. The van der Waals surface area contributed by atoms with Crippen LogP contribution in [0, 0.1) is 0 Å². The molecule has 1 aromatic carbocycles. The van der Waals surface area contributed by atoms with Crippen molar-refractivity contribution in [3.8, 4) is 5.75 Å². The quantitative estimate of drug-likeness (QED) is 0.164. The summed E-state index contributed by atoms with van der Waals surface area (Å²) in [5.41, 5.74) is 2.73. The Morgan fingerprint density at radius 1 is 0.961 bits per heavy atom. The monoisotopic (exact) mass is 698 g/mol. The Hall–Kier alpha value is -4.46. The third-order valence-electron chi connectivity index (χ3n) is 9.63. The first-order valence-corrected chi connectivity index (χ1v) is 17.7. The lowest BCUT2D eigenvalue weighted by Gasteiger charge is -2.38. The number of carbonyl (C=O) groups is 2. The average Bonchev–Trinajstić information content (AvgIpc) is 3.51. The number of urea groups is 1. The molecule has 1 saturated heterocycles. The number of nitrogens with zero attached hydrogens (tertiary/aromatic N) is 6. The maximum absolute atomic E-state index is 13.5. The summed E-state index contributed by atoms with van der Waals surface area (Å²) in [6.07, 6.45) is 4.38. The van der Waals surface area contributed by atoms with E-state index in [9.17, 15) is 9.59 Å².